The molecule has 0 unspecified atom stereocenters. The molecule has 33 heavy (non-hydrogen) atoms. The number of halogens is 1. The molecule has 0 saturated heterocycles. The van der Waals surface area contributed by atoms with Crippen molar-refractivity contribution in [2.45, 2.75) is 40.2 Å². The molecule has 2 N–H and O–H groups in total. The Balaban J connectivity index is 1.89. The van der Waals surface area contributed by atoms with E-state index in [2.05, 4.69) is 15.6 Å². The molecule has 0 spiro atoms. The van der Waals surface area contributed by atoms with Gasteiger partial charge in [0, 0.05) is 23.8 Å². The lowest BCUT2D eigenvalue weighted by molar-refractivity contribution is -0.116. The lowest BCUT2D eigenvalue weighted by Gasteiger charge is -2.27. The summed E-state index contributed by atoms with van der Waals surface area (Å²) in [4.78, 5) is 31.3. The maximum absolute atomic E-state index is 14.3. The summed E-state index contributed by atoms with van der Waals surface area (Å²) in [5.74, 6) is -0.509. The van der Waals surface area contributed by atoms with Gasteiger partial charge in [0.2, 0.25) is 11.9 Å². The van der Waals surface area contributed by atoms with E-state index in [0.717, 1.165) is 5.56 Å². The summed E-state index contributed by atoms with van der Waals surface area (Å²) >= 11 is 0. The number of carbonyl (C=O) groups is 2. The molecule has 0 radical (unpaired) electrons. The van der Waals surface area contributed by atoms with Crippen molar-refractivity contribution in [1.82, 2.24) is 19.8 Å². The zero-order chi connectivity index (χ0) is 24.2. The first-order valence-corrected chi connectivity index (χ1v) is 10.9. The Labute approximate surface area is 193 Å². The number of rotatable bonds is 6. The first-order valence-electron chi connectivity index (χ1n) is 10.9. The number of nitrogens with one attached hydrogen (secondary N) is 2. The maximum Gasteiger partial charge on any atom is 0.318 e. The minimum atomic E-state index is -0.419. The Hall–Kier alpha value is -3.68. The highest BCUT2D eigenvalue weighted by atomic mass is 19.1. The summed E-state index contributed by atoms with van der Waals surface area (Å²) in [6, 6.07) is 14.0. The summed E-state index contributed by atoms with van der Waals surface area (Å²) in [5, 5.41) is 5.64. The van der Waals surface area contributed by atoms with Crippen molar-refractivity contribution in [2.75, 3.05) is 18.4 Å². The fraction of sp³-hybridized carbons (Fsp3) is 0.320. The van der Waals surface area contributed by atoms with Crippen LogP contribution in [0.15, 0.2) is 54.7 Å². The Bertz CT molecular complexity index is 1140. The van der Waals surface area contributed by atoms with Crippen LogP contribution in [-0.4, -0.2) is 45.0 Å². The van der Waals surface area contributed by atoms with Crippen molar-refractivity contribution in [3.63, 3.8) is 0 Å². The average Bonchev–Trinajstić information content (AvgIpc) is 3.17. The summed E-state index contributed by atoms with van der Waals surface area (Å²) < 4.78 is 15.9. The zero-order valence-corrected chi connectivity index (χ0v) is 19.6. The predicted octanol–water partition coefficient (Wildman–Crippen LogP) is 4.76. The third kappa shape index (κ3) is 6.19. The molecule has 0 saturated carbocycles. The van der Waals surface area contributed by atoms with E-state index < -0.39 is 11.4 Å². The van der Waals surface area contributed by atoms with Gasteiger partial charge in [-0.05, 0) is 52.3 Å². The molecule has 174 valence electrons. The number of aromatic nitrogens is 2. The molecule has 0 fully saturated rings. The van der Waals surface area contributed by atoms with Crippen molar-refractivity contribution in [2.24, 2.45) is 0 Å². The van der Waals surface area contributed by atoms with Gasteiger partial charge in [-0.1, -0.05) is 36.4 Å². The standard InChI is InChI=1S/C25H30FN5O2/c1-6-30(24(33)29-25(3,4)5)16-22(32)28-23-27-21(18-10-8-7-9-11-18)15-31(23)19-13-12-17(2)20(26)14-19/h7-15H,6,16H2,1-5H3,(H,29,33)(H,27,28,32). The van der Waals surface area contributed by atoms with Crippen LogP contribution in [0.2, 0.25) is 0 Å². The zero-order valence-electron chi connectivity index (χ0n) is 19.6. The quantitative estimate of drug-likeness (QED) is 0.567. The summed E-state index contributed by atoms with van der Waals surface area (Å²) in [5.41, 5.74) is 2.12. The lowest BCUT2D eigenvalue weighted by atomic mass is 10.1. The number of imidazole rings is 1. The number of urea groups is 1. The molecule has 1 heterocycles. The molecule has 8 heteroatoms. The molecule has 7 nitrogen and oxygen atoms in total. The number of aryl methyl sites for hydroxylation is 1. The molecule has 0 atom stereocenters. The largest absolute Gasteiger partial charge is 0.333 e. The monoisotopic (exact) mass is 451 g/mol. The van der Waals surface area contributed by atoms with Crippen LogP contribution in [0.1, 0.15) is 33.3 Å². The minimum absolute atomic E-state index is 0.145. The van der Waals surface area contributed by atoms with Crippen LogP contribution in [0, 0.1) is 12.7 Å². The SMILES string of the molecule is CCN(CC(=O)Nc1nc(-c2ccccc2)cn1-c1ccc(C)c(F)c1)C(=O)NC(C)(C)C. The number of anilines is 1. The number of likely N-dealkylation sites (N-methyl/N-ethyl adjacent to an activating group) is 1. The molecule has 3 amide bonds. The molecule has 0 bridgehead atoms. The van der Waals surface area contributed by atoms with Gasteiger partial charge >= 0.3 is 6.03 Å². The highest BCUT2D eigenvalue weighted by Gasteiger charge is 2.22. The Morgan fingerprint density at radius 3 is 2.42 bits per heavy atom. The van der Waals surface area contributed by atoms with Gasteiger partial charge in [-0.2, -0.15) is 0 Å². The van der Waals surface area contributed by atoms with Gasteiger partial charge in [-0.3, -0.25) is 14.7 Å². The number of hydrogen-bond acceptors (Lipinski definition) is 3. The van der Waals surface area contributed by atoms with Gasteiger partial charge in [-0.15, -0.1) is 0 Å². The molecule has 0 aliphatic rings. The van der Waals surface area contributed by atoms with Crippen LogP contribution in [0.4, 0.5) is 15.1 Å². The van der Waals surface area contributed by atoms with E-state index in [0.29, 0.717) is 23.5 Å². The lowest BCUT2D eigenvalue weighted by Crippen LogP contribution is -2.50. The fourth-order valence-corrected chi connectivity index (χ4v) is 3.21. The minimum Gasteiger partial charge on any atom is -0.333 e. The van der Waals surface area contributed by atoms with Crippen LogP contribution in [-0.2, 0) is 4.79 Å². The molecular formula is C25H30FN5O2. The highest BCUT2D eigenvalue weighted by molar-refractivity contribution is 5.93. The summed E-state index contributed by atoms with van der Waals surface area (Å²) in [6.45, 7) is 9.34. The average molecular weight is 452 g/mol. The molecule has 2 aromatic carbocycles. The molecule has 3 aromatic rings. The number of carbonyl (C=O) groups excluding carboxylic acids is 2. The second kappa shape index (κ2) is 9.85. The van der Waals surface area contributed by atoms with Gasteiger partial charge < -0.3 is 10.2 Å². The predicted molar refractivity (Wildman–Crippen MR) is 128 cm³/mol. The highest BCUT2D eigenvalue weighted by Crippen LogP contribution is 2.25. The van der Waals surface area contributed by atoms with E-state index in [-0.39, 0.29) is 24.3 Å². The molecule has 1 aromatic heterocycles. The molecule has 0 aliphatic heterocycles. The smallest absolute Gasteiger partial charge is 0.318 e. The van der Waals surface area contributed by atoms with E-state index >= 15 is 0 Å². The Kier molecular flexibility index (Phi) is 7.16. The van der Waals surface area contributed by atoms with E-state index in [4.69, 9.17) is 0 Å². The number of nitrogens with zero attached hydrogens (tertiary/aromatic N) is 3. The third-order valence-electron chi connectivity index (χ3n) is 4.95. The summed E-state index contributed by atoms with van der Waals surface area (Å²) in [6.07, 6.45) is 1.75. The van der Waals surface area contributed by atoms with Crippen LogP contribution >= 0.6 is 0 Å². The van der Waals surface area contributed by atoms with E-state index in [1.54, 1.807) is 36.7 Å². The van der Waals surface area contributed by atoms with Crippen LogP contribution in [0.3, 0.4) is 0 Å². The number of amides is 3. The normalized spacial score (nSPS) is 11.2. The van der Waals surface area contributed by atoms with Crippen molar-refractivity contribution in [1.29, 1.82) is 0 Å². The van der Waals surface area contributed by atoms with Crippen LogP contribution in [0.25, 0.3) is 16.9 Å². The van der Waals surface area contributed by atoms with Gasteiger partial charge in [0.05, 0.1) is 11.4 Å². The molecule has 3 rings (SSSR count). The van der Waals surface area contributed by atoms with Gasteiger partial charge in [0.1, 0.15) is 12.4 Å². The van der Waals surface area contributed by atoms with Gasteiger partial charge in [0.15, 0.2) is 0 Å². The van der Waals surface area contributed by atoms with E-state index in [1.807, 2.05) is 51.1 Å². The van der Waals surface area contributed by atoms with Crippen LogP contribution < -0.4 is 10.6 Å². The second-order valence-corrected chi connectivity index (χ2v) is 8.86. The first-order chi connectivity index (χ1) is 15.6. The van der Waals surface area contributed by atoms with Crippen molar-refractivity contribution in [3.8, 4) is 16.9 Å². The molecular weight excluding hydrogens is 421 g/mol. The first kappa shape index (κ1) is 24.0. The van der Waals surface area contributed by atoms with Gasteiger partial charge in [-0.25, -0.2) is 14.2 Å². The molecule has 0 aliphatic carbocycles. The fourth-order valence-electron chi connectivity index (χ4n) is 3.21. The van der Waals surface area contributed by atoms with Crippen LogP contribution in [0.5, 0.6) is 0 Å². The topological polar surface area (TPSA) is 79.3 Å². The Morgan fingerprint density at radius 2 is 1.82 bits per heavy atom. The number of hydrogen-bond donors (Lipinski definition) is 2. The van der Waals surface area contributed by atoms with Crippen molar-refractivity contribution in [3.05, 3.63) is 66.1 Å². The number of benzene rings is 2. The van der Waals surface area contributed by atoms with Crippen molar-refractivity contribution < 1.29 is 14.0 Å². The third-order valence-corrected chi connectivity index (χ3v) is 4.95. The van der Waals surface area contributed by atoms with E-state index in [1.165, 1.54) is 11.0 Å². The summed E-state index contributed by atoms with van der Waals surface area (Å²) in [7, 11) is 0. The van der Waals surface area contributed by atoms with Gasteiger partial charge in [0.25, 0.3) is 0 Å². The van der Waals surface area contributed by atoms with Crippen molar-refractivity contribution >= 4 is 17.9 Å². The van der Waals surface area contributed by atoms with E-state index in [9.17, 15) is 14.0 Å². The Morgan fingerprint density at radius 1 is 1.12 bits per heavy atom. The maximum atomic E-state index is 14.3. The second-order valence-electron chi connectivity index (χ2n) is 8.86.